The van der Waals surface area contributed by atoms with Crippen molar-refractivity contribution in [3.8, 4) is 17.3 Å². The van der Waals surface area contributed by atoms with Crippen molar-refractivity contribution < 1.29 is 4.79 Å². The van der Waals surface area contributed by atoms with Crippen LogP contribution in [0, 0.1) is 11.3 Å². The van der Waals surface area contributed by atoms with E-state index in [1.807, 2.05) is 53.4 Å². The highest BCUT2D eigenvalue weighted by molar-refractivity contribution is 5.98. The third kappa shape index (κ3) is 3.40. The number of nitrogens with zero attached hydrogens (tertiary/aromatic N) is 4. The number of hydrogen-bond acceptors (Lipinski definition) is 4. The molecule has 2 aromatic carbocycles. The van der Waals surface area contributed by atoms with E-state index in [0.29, 0.717) is 30.0 Å². The molecule has 3 aromatic rings. The number of anilines is 1. The number of H-pyrrole nitrogens is 1. The number of carbonyl (C=O) groups is 1. The van der Waals surface area contributed by atoms with Gasteiger partial charge in [0.05, 0.1) is 18.0 Å². The number of hydrogen-bond donors (Lipinski definition) is 1. The molecule has 0 atom stereocenters. The van der Waals surface area contributed by atoms with Crippen molar-refractivity contribution in [3.63, 3.8) is 0 Å². The third-order valence-corrected chi connectivity index (χ3v) is 4.81. The van der Waals surface area contributed by atoms with Crippen LogP contribution in [0.3, 0.4) is 0 Å². The maximum atomic E-state index is 13.0. The Balaban J connectivity index is 1.47. The first-order chi connectivity index (χ1) is 13.3. The van der Waals surface area contributed by atoms with E-state index in [-0.39, 0.29) is 5.91 Å². The van der Waals surface area contributed by atoms with Gasteiger partial charge in [-0.1, -0.05) is 36.4 Å². The van der Waals surface area contributed by atoms with E-state index in [1.165, 1.54) is 0 Å². The number of piperazine rings is 1. The lowest BCUT2D eigenvalue weighted by molar-refractivity contribution is 0.0742. The fraction of sp³-hybridized carbons (Fsp3) is 0.190. The van der Waals surface area contributed by atoms with Crippen LogP contribution in [0.5, 0.6) is 0 Å². The van der Waals surface area contributed by atoms with E-state index in [2.05, 4.69) is 20.9 Å². The van der Waals surface area contributed by atoms with Crippen molar-refractivity contribution in [2.45, 2.75) is 0 Å². The minimum atomic E-state index is -0.0308. The molecule has 0 bridgehead atoms. The largest absolute Gasteiger partial charge is 0.368 e. The highest BCUT2D eigenvalue weighted by atomic mass is 16.2. The van der Waals surface area contributed by atoms with Crippen molar-refractivity contribution in [1.29, 1.82) is 5.26 Å². The lowest BCUT2D eigenvalue weighted by Gasteiger charge is -2.36. The molecule has 134 valence electrons. The van der Waals surface area contributed by atoms with Crippen LogP contribution in [0.2, 0.25) is 0 Å². The van der Waals surface area contributed by atoms with E-state index >= 15 is 0 Å². The van der Waals surface area contributed by atoms with Crippen LogP contribution in [-0.2, 0) is 0 Å². The van der Waals surface area contributed by atoms with Crippen LogP contribution in [0.1, 0.15) is 16.1 Å². The zero-order valence-corrected chi connectivity index (χ0v) is 14.8. The van der Waals surface area contributed by atoms with Gasteiger partial charge < -0.3 is 14.8 Å². The molecular formula is C21H19N5O. The molecule has 1 amide bonds. The van der Waals surface area contributed by atoms with Crippen LogP contribution in [0.4, 0.5) is 5.69 Å². The van der Waals surface area contributed by atoms with Crippen LogP contribution >= 0.6 is 0 Å². The molecule has 1 N–H and O–H groups in total. The number of imidazole rings is 1. The second-order valence-corrected chi connectivity index (χ2v) is 6.43. The highest BCUT2D eigenvalue weighted by Crippen LogP contribution is 2.23. The summed E-state index contributed by atoms with van der Waals surface area (Å²) in [4.78, 5) is 24.4. The predicted octanol–water partition coefficient (Wildman–Crippen LogP) is 2.91. The van der Waals surface area contributed by atoms with Crippen LogP contribution in [-0.4, -0.2) is 47.0 Å². The van der Waals surface area contributed by atoms with E-state index in [0.717, 1.165) is 24.3 Å². The smallest absolute Gasteiger partial charge is 0.272 e. The molecule has 4 rings (SSSR count). The van der Waals surface area contributed by atoms with Gasteiger partial charge in [-0.05, 0) is 18.2 Å². The summed E-state index contributed by atoms with van der Waals surface area (Å²) in [5, 5.41) is 9.07. The molecule has 1 aliphatic rings. The number of nitrogens with one attached hydrogen (secondary N) is 1. The fourth-order valence-electron chi connectivity index (χ4n) is 3.37. The van der Waals surface area contributed by atoms with Gasteiger partial charge in [-0.2, -0.15) is 5.26 Å². The number of amides is 1. The number of rotatable bonds is 3. The Hall–Kier alpha value is -3.59. The summed E-state index contributed by atoms with van der Waals surface area (Å²) in [5.74, 6) is -0.0308. The van der Waals surface area contributed by atoms with E-state index in [4.69, 9.17) is 5.26 Å². The number of nitriles is 1. The third-order valence-electron chi connectivity index (χ3n) is 4.81. The van der Waals surface area contributed by atoms with Crippen LogP contribution in [0.25, 0.3) is 11.3 Å². The summed E-state index contributed by atoms with van der Waals surface area (Å²) in [5.41, 5.74) is 3.81. The van der Waals surface area contributed by atoms with Gasteiger partial charge in [0, 0.05) is 37.4 Å². The van der Waals surface area contributed by atoms with Crippen molar-refractivity contribution in [3.05, 3.63) is 72.2 Å². The lowest BCUT2D eigenvalue weighted by atomic mass is 10.1. The molecule has 1 fully saturated rings. The predicted molar refractivity (Wildman–Crippen MR) is 103 cm³/mol. The standard InChI is InChI=1S/C21H19N5O/c22-14-16-5-4-8-18(13-16)25-9-11-26(12-10-25)21(27)20-19(23-15-24-20)17-6-2-1-3-7-17/h1-8,13,15H,9-12H2,(H,23,24). The number of benzene rings is 2. The number of aromatic nitrogens is 2. The van der Waals surface area contributed by atoms with Crippen molar-refractivity contribution in [2.24, 2.45) is 0 Å². The molecule has 6 nitrogen and oxygen atoms in total. The molecule has 1 aliphatic heterocycles. The Kier molecular flexibility index (Phi) is 4.58. The molecule has 2 heterocycles. The summed E-state index contributed by atoms with van der Waals surface area (Å²) in [6, 6.07) is 19.5. The summed E-state index contributed by atoms with van der Waals surface area (Å²) >= 11 is 0. The van der Waals surface area contributed by atoms with E-state index in [9.17, 15) is 4.79 Å². The van der Waals surface area contributed by atoms with Gasteiger partial charge in [-0.25, -0.2) is 4.98 Å². The molecular weight excluding hydrogens is 338 g/mol. The van der Waals surface area contributed by atoms with Gasteiger partial charge >= 0.3 is 0 Å². The van der Waals surface area contributed by atoms with Gasteiger partial charge in [0.2, 0.25) is 0 Å². The monoisotopic (exact) mass is 357 g/mol. The first-order valence-corrected chi connectivity index (χ1v) is 8.89. The summed E-state index contributed by atoms with van der Waals surface area (Å²) in [6.45, 7) is 2.72. The molecule has 0 radical (unpaired) electrons. The normalized spacial score (nSPS) is 14.0. The second-order valence-electron chi connectivity index (χ2n) is 6.43. The quantitative estimate of drug-likeness (QED) is 0.782. The van der Waals surface area contributed by atoms with E-state index < -0.39 is 0 Å². The lowest BCUT2D eigenvalue weighted by Crippen LogP contribution is -2.49. The van der Waals surface area contributed by atoms with Gasteiger partial charge in [0.1, 0.15) is 11.4 Å². The summed E-state index contributed by atoms with van der Waals surface area (Å²) < 4.78 is 0. The average Bonchev–Trinajstić information content (AvgIpc) is 3.24. The molecule has 27 heavy (non-hydrogen) atoms. The SMILES string of the molecule is N#Cc1cccc(N2CCN(C(=O)c3[nH]cnc3-c3ccccc3)CC2)c1. The van der Waals surface area contributed by atoms with Crippen molar-refractivity contribution in [2.75, 3.05) is 31.1 Å². The molecule has 0 saturated carbocycles. The molecule has 1 aromatic heterocycles. The van der Waals surface area contributed by atoms with Gasteiger partial charge in [-0.15, -0.1) is 0 Å². The fourth-order valence-corrected chi connectivity index (χ4v) is 3.37. The van der Waals surface area contributed by atoms with Gasteiger partial charge in [0.25, 0.3) is 5.91 Å². The Labute approximate surface area is 157 Å². The van der Waals surface area contributed by atoms with Gasteiger partial charge in [-0.3, -0.25) is 4.79 Å². The Morgan fingerprint density at radius 2 is 1.81 bits per heavy atom. The average molecular weight is 357 g/mol. The zero-order chi connectivity index (χ0) is 18.6. The van der Waals surface area contributed by atoms with Crippen LogP contribution in [0.15, 0.2) is 60.9 Å². The van der Waals surface area contributed by atoms with Crippen LogP contribution < -0.4 is 4.90 Å². The maximum absolute atomic E-state index is 13.0. The Bertz CT molecular complexity index is 981. The second kappa shape index (κ2) is 7.34. The molecule has 0 unspecified atom stereocenters. The molecule has 6 heteroatoms. The molecule has 0 aliphatic carbocycles. The summed E-state index contributed by atoms with van der Waals surface area (Å²) in [7, 11) is 0. The zero-order valence-electron chi connectivity index (χ0n) is 14.8. The Morgan fingerprint density at radius 1 is 1.04 bits per heavy atom. The Morgan fingerprint density at radius 3 is 2.56 bits per heavy atom. The van der Waals surface area contributed by atoms with Crippen molar-refractivity contribution in [1.82, 2.24) is 14.9 Å². The van der Waals surface area contributed by atoms with Crippen molar-refractivity contribution >= 4 is 11.6 Å². The molecule has 0 spiro atoms. The number of carbonyl (C=O) groups excluding carboxylic acids is 1. The summed E-state index contributed by atoms with van der Waals surface area (Å²) in [6.07, 6.45) is 1.57. The maximum Gasteiger partial charge on any atom is 0.272 e. The topological polar surface area (TPSA) is 76.0 Å². The highest BCUT2D eigenvalue weighted by Gasteiger charge is 2.25. The number of aromatic amines is 1. The van der Waals surface area contributed by atoms with E-state index in [1.54, 1.807) is 12.4 Å². The molecule has 1 saturated heterocycles. The first kappa shape index (κ1) is 16.9. The van der Waals surface area contributed by atoms with Gasteiger partial charge in [0.15, 0.2) is 0 Å². The minimum Gasteiger partial charge on any atom is -0.368 e. The minimum absolute atomic E-state index is 0.0308. The first-order valence-electron chi connectivity index (χ1n) is 8.89.